The van der Waals surface area contributed by atoms with Crippen molar-refractivity contribution in [3.63, 3.8) is 0 Å². The Balaban J connectivity index is 1.54. The van der Waals surface area contributed by atoms with Crippen LogP contribution in [0.1, 0.15) is 49.3 Å². The Morgan fingerprint density at radius 2 is 1.64 bits per heavy atom. The predicted octanol–water partition coefficient (Wildman–Crippen LogP) is 2.42. The normalized spacial score (nSPS) is 18.5. The molecule has 1 aliphatic rings. The molecule has 0 radical (unpaired) electrons. The minimum absolute atomic E-state index is 0.0197. The van der Waals surface area contributed by atoms with E-state index in [1.807, 2.05) is 0 Å². The van der Waals surface area contributed by atoms with Gasteiger partial charge in [-0.05, 0) is 23.6 Å². The number of hydrogen-bond donors (Lipinski definition) is 4. The molecule has 0 saturated carbocycles. The van der Waals surface area contributed by atoms with E-state index < -0.39 is 53.3 Å². The van der Waals surface area contributed by atoms with Crippen LogP contribution in [0.5, 0.6) is 5.75 Å². The van der Waals surface area contributed by atoms with Crippen molar-refractivity contribution in [3.05, 3.63) is 71.9 Å². The first-order chi connectivity index (χ1) is 18.6. The number of benzene rings is 2. The molecule has 0 unspecified atom stereocenters. The van der Waals surface area contributed by atoms with E-state index in [9.17, 15) is 29.1 Å². The first-order valence-electron chi connectivity index (χ1n) is 12.7. The summed E-state index contributed by atoms with van der Waals surface area (Å²) in [5.41, 5.74) is 1.07. The van der Waals surface area contributed by atoms with Crippen molar-refractivity contribution in [3.8, 4) is 5.75 Å². The maximum Gasteiger partial charge on any atom is 0.270 e. The SMILES string of the molecule is CC(C)[C@@H](NC(=O)C[C@H](NC(=O)c1cc(O)c2ccccc2n1)c1ccccc1)C(=O)[C@@H]1C(=O)NC(=O)[C@@H]1C. The monoisotopic (exact) mass is 530 g/mol. The van der Waals surface area contributed by atoms with E-state index >= 15 is 0 Å². The second-order valence-electron chi connectivity index (χ2n) is 10.00. The number of fused-ring (bicyclic) bond motifs is 1. The van der Waals surface area contributed by atoms with Gasteiger partial charge in [-0.1, -0.05) is 63.2 Å². The van der Waals surface area contributed by atoms with Crippen LogP contribution in [0.3, 0.4) is 0 Å². The lowest BCUT2D eigenvalue weighted by atomic mass is 9.85. The van der Waals surface area contributed by atoms with Crippen LogP contribution in [-0.2, 0) is 19.2 Å². The van der Waals surface area contributed by atoms with E-state index in [-0.39, 0.29) is 23.8 Å². The quantitative estimate of drug-likeness (QED) is 0.245. The number of aromatic hydroxyl groups is 1. The van der Waals surface area contributed by atoms with Crippen molar-refractivity contribution < 1.29 is 29.1 Å². The highest BCUT2D eigenvalue weighted by Crippen LogP contribution is 2.26. The van der Waals surface area contributed by atoms with Gasteiger partial charge in [-0.3, -0.25) is 29.3 Å². The average Bonchev–Trinajstić information content (AvgIpc) is 3.17. The molecule has 4 rings (SSSR count). The molecule has 202 valence electrons. The molecule has 10 heteroatoms. The topological polar surface area (TPSA) is 155 Å². The Morgan fingerprint density at radius 1 is 0.974 bits per heavy atom. The van der Waals surface area contributed by atoms with Crippen molar-refractivity contribution in [2.75, 3.05) is 0 Å². The molecular weight excluding hydrogens is 500 g/mol. The summed E-state index contributed by atoms with van der Waals surface area (Å²) in [5.74, 6) is -5.30. The molecular formula is C29H30N4O6. The average molecular weight is 531 g/mol. The summed E-state index contributed by atoms with van der Waals surface area (Å²) in [4.78, 5) is 68.1. The van der Waals surface area contributed by atoms with E-state index in [2.05, 4.69) is 20.9 Å². The Labute approximate surface area is 225 Å². The number of carbonyl (C=O) groups is 5. The number of nitrogens with one attached hydrogen (secondary N) is 3. The number of aromatic nitrogens is 1. The summed E-state index contributed by atoms with van der Waals surface area (Å²) in [7, 11) is 0. The van der Waals surface area contributed by atoms with Crippen LogP contribution < -0.4 is 16.0 Å². The van der Waals surface area contributed by atoms with Gasteiger partial charge in [0, 0.05) is 11.5 Å². The Morgan fingerprint density at radius 3 is 2.28 bits per heavy atom. The highest BCUT2D eigenvalue weighted by atomic mass is 16.3. The van der Waals surface area contributed by atoms with Gasteiger partial charge in [0.2, 0.25) is 17.7 Å². The number of rotatable bonds is 9. The molecule has 2 aromatic carbocycles. The molecule has 1 aliphatic heterocycles. The summed E-state index contributed by atoms with van der Waals surface area (Å²) in [6.45, 7) is 4.97. The largest absolute Gasteiger partial charge is 0.507 e. The molecule has 1 aromatic heterocycles. The number of hydrogen-bond acceptors (Lipinski definition) is 7. The summed E-state index contributed by atoms with van der Waals surface area (Å²) in [6.07, 6.45) is -0.211. The molecule has 39 heavy (non-hydrogen) atoms. The van der Waals surface area contributed by atoms with Crippen molar-refractivity contribution in [2.45, 2.75) is 39.3 Å². The third-order valence-electron chi connectivity index (χ3n) is 6.86. The number of amides is 4. The zero-order chi connectivity index (χ0) is 28.3. The van der Waals surface area contributed by atoms with Crippen molar-refractivity contribution in [1.82, 2.24) is 20.9 Å². The molecule has 1 fully saturated rings. The van der Waals surface area contributed by atoms with Crippen LogP contribution in [0.4, 0.5) is 0 Å². The van der Waals surface area contributed by atoms with Gasteiger partial charge in [-0.25, -0.2) is 4.98 Å². The lowest BCUT2D eigenvalue weighted by Gasteiger charge is -2.26. The van der Waals surface area contributed by atoms with E-state index in [1.165, 1.54) is 13.0 Å². The molecule has 4 amide bonds. The van der Waals surface area contributed by atoms with Crippen molar-refractivity contribution in [2.24, 2.45) is 17.8 Å². The van der Waals surface area contributed by atoms with Crippen LogP contribution in [0.15, 0.2) is 60.7 Å². The maximum atomic E-state index is 13.2. The first kappa shape index (κ1) is 27.4. The minimum Gasteiger partial charge on any atom is -0.507 e. The summed E-state index contributed by atoms with van der Waals surface area (Å²) in [6, 6.07) is 15.2. The maximum absolute atomic E-state index is 13.2. The minimum atomic E-state index is -1.18. The lowest BCUT2D eigenvalue weighted by molar-refractivity contribution is -0.137. The number of carbonyl (C=O) groups excluding carboxylic acids is 5. The predicted molar refractivity (Wildman–Crippen MR) is 142 cm³/mol. The highest BCUT2D eigenvalue weighted by molar-refractivity contribution is 6.16. The third kappa shape index (κ3) is 5.95. The number of para-hydroxylation sites is 1. The fraction of sp³-hybridized carbons (Fsp3) is 0.310. The van der Waals surface area contributed by atoms with Gasteiger partial charge in [0.05, 0.1) is 29.9 Å². The fourth-order valence-electron chi connectivity index (χ4n) is 4.69. The van der Waals surface area contributed by atoms with E-state index in [0.717, 1.165) is 0 Å². The third-order valence-corrected chi connectivity index (χ3v) is 6.86. The van der Waals surface area contributed by atoms with Crippen LogP contribution >= 0.6 is 0 Å². The zero-order valence-electron chi connectivity index (χ0n) is 21.8. The number of nitrogens with zero attached hydrogens (tertiary/aromatic N) is 1. The van der Waals surface area contributed by atoms with Gasteiger partial charge in [0.1, 0.15) is 17.4 Å². The summed E-state index contributed by atoms with van der Waals surface area (Å²) in [5, 5.41) is 18.6. The Hall–Kier alpha value is -4.60. The zero-order valence-corrected chi connectivity index (χ0v) is 21.8. The number of ketones is 1. The van der Waals surface area contributed by atoms with Crippen molar-refractivity contribution >= 4 is 40.3 Å². The van der Waals surface area contributed by atoms with Crippen molar-refractivity contribution in [1.29, 1.82) is 0 Å². The molecule has 0 bridgehead atoms. The van der Waals surface area contributed by atoms with Crippen LogP contribution in [0, 0.1) is 17.8 Å². The number of Topliss-reactive ketones (excluding diaryl/α,β-unsaturated/α-hetero) is 1. The first-order valence-corrected chi connectivity index (χ1v) is 12.7. The van der Waals surface area contributed by atoms with E-state index in [0.29, 0.717) is 16.5 Å². The van der Waals surface area contributed by atoms with Gasteiger partial charge in [-0.15, -0.1) is 0 Å². The fourth-order valence-corrected chi connectivity index (χ4v) is 4.69. The molecule has 10 nitrogen and oxygen atoms in total. The van der Waals surface area contributed by atoms with Gasteiger partial charge in [-0.2, -0.15) is 0 Å². The smallest absolute Gasteiger partial charge is 0.270 e. The molecule has 2 heterocycles. The second-order valence-corrected chi connectivity index (χ2v) is 10.00. The van der Waals surface area contributed by atoms with Crippen LogP contribution in [0.2, 0.25) is 0 Å². The lowest BCUT2D eigenvalue weighted by Crippen LogP contribution is -2.49. The van der Waals surface area contributed by atoms with Crippen LogP contribution in [0.25, 0.3) is 10.9 Å². The summed E-state index contributed by atoms with van der Waals surface area (Å²) < 4.78 is 0. The molecule has 4 N–H and O–H groups in total. The highest BCUT2D eigenvalue weighted by Gasteiger charge is 2.46. The molecule has 3 aromatic rings. The Kier molecular flexibility index (Phi) is 8.04. The second kappa shape index (κ2) is 11.4. The molecule has 4 atom stereocenters. The Bertz CT molecular complexity index is 1440. The van der Waals surface area contributed by atoms with E-state index in [1.54, 1.807) is 68.4 Å². The number of pyridine rings is 1. The van der Waals surface area contributed by atoms with Crippen LogP contribution in [-0.4, -0.2) is 45.5 Å². The van der Waals surface area contributed by atoms with E-state index in [4.69, 9.17) is 0 Å². The van der Waals surface area contributed by atoms with Gasteiger partial charge in [0.15, 0.2) is 5.78 Å². The van der Waals surface area contributed by atoms with Gasteiger partial charge >= 0.3 is 0 Å². The summed E-state index contributed by atoms with van der Waals surface area (Å²) >= 11 is 0. The number of imide groups is 1. The standard InChI is InChI=1S/C29H30N4O6/c1-15(2)25(26(36)24-16(3)27(37)33-29(24)39)32-23(35)14-20(17-9-5-4-6-10-17)31-28(38)21-13-22(34)18-11-7-8-12-19(18)30-21/h4-13,15-16,20,24-25H,14H2,1-3H3,(H,30,34)(H,31,38)(H,32,35)(H,33,37,39)/t16-,20+,24-,25-/m1/s1. The molecule has 0 spiro atoms. The molecule has 1 saturated heterocycles. The molecule has 0 aliphatic carbocycles. The van der Waals surface area contributed by atoms with Gasteiger partial charge < -0.3 is 15.7 Å². The van der Waals surface area contributed by atoms with Gasteiger partial charge in [0.25, 0.3) is 5.91 Å².